The first-order valence-corrected chi connectivity index (χ1v) is 9.60. The SMILES string of the molecule is CC(C)CN(Cc1cccnc1)C1CN(C(=O)c2cccc3[nH]ccc23)C1. The standard InChI is InChI=1S/C22H26N4O/c1-16(2)12-25(13-17-5-4-9-23-11-17)18-14-26(15-18)22(27)20-6-3-7-21-19(20)8-10-24-21/h3-11,16,18,24H,12-15H2,1-2H3. The molecule has 1 saturated heterocycles. The second-order valence-corrected chi connectivity index (χ2v) is 7.79. The Morgan fingerprint density at radius 1 is 1.26 bits per heavy atom. The highest BCUT2D eigenvalue weighted by atomic mass is 16.2. The molecular formula is C22H26N4O. The largest absolute Gasteiger partial charge is 0.361 e. The van der Waals surface area contributed by atoms with Crippen LogP contribution in [0.4, 0.5) is 0 Å². The summed E-state index contributed by atoms with van der Waals surface area (Å²) in [5.74, 6) is 0.711. The smallest absolute Gasteiger partial charge is 0.254 e. The van der Waals surface area contributed by atoms with Crippen LogP contribution >= 0.6 is 0 Å². The van der Waals surface area contributed by atoms with Crippen LogP contribution in [0.25, 0.3) is 10.9 Å². The van der Waals surface area contributed by atoms with Crippen LogP contribution in [0, 0.1) is 5.92 Å². The van der Waals surface area contributed by atoms with Gasteiger partial charge in [-0.1, -0.05) is 26.0 Å². The highest BCUT2D eigenvalue weighted by Crippen LogP contribution is 2.24. The van der Waals surface area contributed by atoms with E-state index in [1.165, 1.54) is 5.56 Å². The second-order valence-electron chi connectivity index (χ2n) is 7.79. The maximum absolute atomic E-state index is 13.0. The van der Waals surface area contributed by atoms with Crippen molar-refractivity contribution in [3.05, 3.63) is 66.1 Å². The number of aromatic nitrogens is 2. The van der Waals surface area contributed by atoms with Crippen LogP contribution in [-0.4, -0.2) is 51.4 Å². The minimum atomic E-state index is 0.127. The molecule has 3 aromatic rings. The maximum atomic E-state index is 13.0. The number of aromatic amines is 1. The fourth-order valence-electron chi connectivity index (χ4n) is 3.83. The molecule has 27 heavy (non-hydrogen) atoms. The van der Waals surface area contributed by atoms with E-state index in [4.69, 9.17) is 0 Å². The zero-order valence-corrected chi connectivity index (χ0v) is 15.9. The summed E-state index contributed by atoms with van der Waals surface area (Å²) in [5, 5.41) is 1.00. The van der Waals surface area contributed by atoms with Crippen molar-refractivity contribution >= 4 is 16.8 Å². The molecule has 0 atom stereocenters. The predicted molar refractivity (Wildman–Crippen MR) is 107 cm³/mol. The van der Waals surface area contributed by atoms with Gasteiger partial charge in [-0.05, 0) is 35.7 Å². The highest BCUT2D eigenvalue weighted by molar-refractivity contribution is 6.06. The van der Waals surface area contributed by atoms with Crippen molar-refractivity contribution in [1.29, 1.82) is 0 Å². The van der Waals surface area contributed by atoms with E-state index in [2.05, 4.69) is 34.8 Å². The summed E-state index contributed by atoms with van der Waals surface area (Å²) in [5.41, 5.74) is 3.02. The number of pyridine rings is 1. The third kappa shape index (κ3) is 3.74. The van der Waals surface area contributed by atoms with Gasteiger partial charge in [-0.3, -0.25) is 14.7 Å². The summed E-state index contributed by atoms with van der Waals surface area (Å²) in [4.78, 5) is 24.8. The molecule has 1 N–H and O–H groups in total. The van der Waals surface area contributed by atoms with E-state index in [0.29, 0.717) is 12.0 Å². The molecule has 1 fully saturated rings. The zero-order chi connectivity index (χ0) is 18.8. The fraction of sp³-hybridized carbons (Fsp3) is 0.364. The quantitative estimate of drug-likeness (QED) is 0.730. The Kier molecular flexibility index (Phi) is 4.94. The molecule has 3 heterocycles. The van der Waals surface area contributed by atoms with Crippen LogP contribution in [0.15, 0.2) is 55.0 Å². The van der Waals surface area contributed by atoms with Crippen LogP contribution in [-0.2, 0) is 6.54 Å². The molecule has 1 aliphatic heterocycles. The number of carbonyl (C=O) groups excluding carboxylic acids is 1. The molecule has 0 spiro atoms. The molecule has 0 saturated carbocycles. The van der Waals surface area contributed by atoms with E-state index >= 15 is 0 Å². The summed E-state index contributed by atoms with van der Waals surface area (Å²) < 4.78 is 0. The van der Waals surface area contributed by atoms with Gasteiger partial charge in [0.25, 0.3) is 5.91 Å². The third-order valence-electron chi connectivity index (χ3n) is 5.20. The lowest BCUT2D eigenvalue weighted by atomic mass is 10.0. The molecule has 0 bridgehead atoms. The van der Waals surface area contributed by atoms with Gasteiger partial charge in [-0.25, -0.2) is 0 Å². The van der Waals surface area contributed by atoms with Gasteiger partial charge in [-0.15, -0.1) is 0 Å². The Balaban J connectivity index is 1.44. The van der Waals surface area contributed by atoms with Crippen molar-refractivity contribution in [2.24, 2.45) is 5.92 Å². The normalized spacial score (nSPS) is 14.9. The number of carbonyl (C=O) groups is 1. The number of hydrogen-bond donors (Lipinski definition) is 1. The average molecular weight is 362 g/mol. The molecule has 5 heteroatoms. The summed E-state index contributed by atoms with van der Waals surface area (Å²) >= 11 is 0. The van der Waals surface area contributed by atoms with Gasteiger partial charge >= 0.3 is 0 Å². The van der Waals surface area contributed by atoms with E-state index in [1.807, 2.05) is 53.8 Å². The first kappa shape index (κ1) is 17.7. The monoisotopic (exact) mass is 362 g/mol. The van der Waals surface area contributed by atoms with Crippen LogP contribution < -0.4 is 0 Å². The Morgan fingerprint density at radius 2 is 2.11 bits per heavy atom. The molecule has 0 unspecified atom stereocenters. The van der Waals surface area contributed by atoms with Gasteiger partial charge in [0.15, 0.2) is 0 Å². The minimum Gasteiger partial charge on any atom is -0.361 e. The van der Waals surface area contributed by atoms with Crippen molar-refractivity contribution in [2.75, 3.05) is 19.6 Å². The lowest BCUT2D eigenvalue weighted by Gasteiger charge is -2.46. The lowest BCUT2D eigenvalue weighted by Crippen LogP contribution is -2.61. The molecular weight excluding hydrogens is 336 g/mol. The van der Waals surface area contributed by atoms with Gasteiger partial charge in [0, 0.05) is 67.3 Å². The summed E-state index contributed by atoms with van der Waals surface area (Å²) in [6.07, 6.45) is 5.63. The Bertz CT molecular complexity index is 912. The van der Waals surface area contributed by atoms with Gasteiger partial charge in [0.2, 0.25) is 0 Å². The molecule has 1 amide bonds. The first-order valence-electron chi connectivity index (χ1n) is 9.60. The molecule has 140 valence electrons. The van der Waals surface area contributed by atoms with Crippen molar-refractivity contribution in [3.8, 4) is 0 Å². The Labute approximate surface area is 160 Å². The number of H-pyrrole nitrogens is 1. The van der Waals surface area contributed by atoms with E-state index in [9.17, 15) is 4.79 Å². The molecule has 0 radical (unpaired) electrons. The van der Waals surface area contributed by atoms with Crippen molar-refractivity contribution in [1.82, 2.24) is 19.8 Å². The number of benzene rings is 1. The molecule has 1 aliphatic rings. The van der Waals surface area contributed by atoms with Crippen LogP contribution in [0.3, 0.4) is 0 Å². The van der Waals surface area contributed by atoms with Gasteiger partial charge < -0.3 is 9.88 Å². The van der Waals surface area contributed by atoms with Gasteiger partial charge in [0.1, 0.15) is 0 Å². The number of amides is 1. The predicted octanol–water partition coefficient (Wildman–Crippen LogP) is 3.55. The van der Waals surface area contributed by atoms with Crippen molar-refractivity contribution in [3.63, 3.8) is 0 Å². The van der Waals surface area contributed by atoms with Crippen LogP contribution in [0.1, 0.15) is 29.8 Å². The van der Waals surface area contributed by atoms with Crippen LogP contribution in [0.5, 0.6) is 0 Å². The Morgan fingerprint density at radius 3 is 2.85 bits per heavy atom. The average Bonchev–Trinajstić information content (AvgIpc) is 3.09. The molecule has 0 aliphatic carbocycles. The van der Waals surface area contributed by atoms with E-state index in [1.54, 1.807) is 0 Å². The van der Waals surface area contributed by atoms with E-state index in [0.717, 1.165) is 42.6 Å². The number of likely N-dealkylation sites (tertiary alicyclic amines) is 1. The molecule has 2 aromatic heterocycles. The van der Waals surface area contributed by atoms with E-state index < -0.39 is 0 Å². The number of hydrogen-bond acceptors (Lipinski definition) is 3. The molecule has 5 nitrogen and oxygen atoms in total. The van der Waals surface area contributed by atoms with Gasteiger partial charge in [0.05, 0.1) is 0 Å². The summed E-state index contributed by atoms with van der Waals surface area (Å²) in [7, 11) is 0. The zero-order valence-electron chi connectivity index (χ0n) is 15.9. The Hall–Kier alpha value is -2.66. The topological polar surface area (TPSA) is 52.2 Å². The summed E-state index contributed by atoms with van der Waals surface area (Å²) in [6, 6.07) is 12.4. The number of nitrogens with one attached hydrogen (secondary N) is 1. The highest BCUT2D eigenvalue weighted by Gasteiger charge is 2.35. The maximum Gasteiger partial charge on any atom is 0.254 e. The first-order chi connectivity index (χ1) is 13.1. The molecule has 4 rings (SSSR count). The minimum absolute atomic E-state index is 0.127. The van der Waals surface area contributed by atoms with Gasteiger partial charge in [-0.2, -0.15) is 0 Å². The molecule has 1 aromatic carbocycles. The fourth-order valence-corrected chi connectivity index (χ4v) is 3.83. The van der Waals surface area contributed by atoms with Crippen LogP contribution in [0.2, 0.25) is 0 Å². The van der Waals surface area contributed by atoms with Crippen molar-refractivity contribution < 1.29 is 4.79 Å². The lowest BCUT2D eigenvalue weighted by molar-refractivity contribution is 0.0199. The third-order valence-corrected chi connectivity index (χ3v) is 5.20. The number of nitrogens with zero attached hydrogens (tertiary/aromatic N) is 3. The number of fused-ring (bicyclic) bond motifs is 1. The van der Waals surface area contributed by atoms with E-state index in [-0.39, 0.29) is 5.91 Å². The second kappa shape index (κ2) is 7.53. The summed E-state index contributed by atoms with van der Waals surface area (Å²) in [6.45, 7) is 7.95. The number of rotatable bonds is 6. The van der Waals surface area contributed by atoms with Crippen molar-refractivity contribution in [2.45, 2.75) is 26.4 Å².